The number of fused-ring (bicyclic) bond motifs is 1. The predicted octanol–water partition coefficient (Wildman–Crippen LogP) is 1.23. The van der Waals surface area contributed by atoms with Gasteiger partial charge in [-0.2, -0.15) is 0 Å². The molecule has 0 spiro atoms. The molecular formula is C6H8ClNOS. The van der Waals surface area contributed by atoms with Crippen LogP contribution in [-0.2, 0) is 4.79 Å². The molecule has 2 aliphatic rings. The van der Waals surface area contributed by atoms with E-state index in [0.29, 0.717) is 5.37 Å². The summed E-state index contributed by atoms with van der Waals surface area (Å²) in [6.45, 7) is 0. The van der Waals surface area contributed by atoms with Crippen molar-refractivity contribution in [3.63, 3.8) is 0 Å². The highest BCUT2D eigenvalue weighted by Crippen LogP contribution is 2.32. The molecular weight excluding hydrogens is 170 g/mol. The van der Waals surface area contributed by atoms with Crippen molar-refractivity contribution in [3.8, 4) is 0 Å². The molecule has 4 heteroatoms. The molecule has 1 amide bonds. The van der Waals surface area contributed by atoms with Gasteiger partial charge in [0.05, 0.1) is 11.8 Å². The minimum Gasteiger partial charge on any atom is -0.306 e. The fourth-order valence-corrected chi connectivity index (χ4v) is 2.07. The lowest BCUT2D eigenvalue weighted by molar-refractivity contribution is -0.137. The Hall–Kier alpha value is -0.150. The normalized spacial score (nSPS) is 28.6. The quantitative estimate of drug-likeness (QED) is 0.519. The molecule has 0 aliphatic carbocycles. The molecule has 1 saturated heterocycles. The molecule has 2 heterocycles. The summed E-state index contributed by atoms with van der Waals surface area (Å²) in [4.78, 5) is 12.5. The number of carbonyl (C=O) groups excluding carboxylic acids is 1. The molecule has 0 aromatic heterocycles. The molecule has 0 aromatic rings. The summed E-state index contributed by atoms with van der Waals surface area (Å²) >= 11 is 1.84. The van der Waals surface area contributed by atoms with Crippen molar-refractivity contribution in [2.45, 2.75) is 11.8 Å². The standard InChI is InChI=1S/C6H7NOS.ClH/c8-5-4-6-7(5)2-1-3-9-6;/h1-2,6H,3-4H2;1H/t6-;/m1./s1. The molecule has 2 aliphatic heterocycles. The van der Waals surface area contributed by atoms with Gasteiger partial charge in [0.15, 0.2) is 0 Å². The summed E-state index contributed by atoms with van der Waals surface area (Å²) in [7, 11) is 0. The number of halogens is 1. The molecule has 0 saturated carbocycles. The van der Waals surface area contributed by atoms with Gasteiger partial charge in [-0.1, -0.05) is 6.08 Å². The van der Waals surface area contributed by atoms with Crippen molar-refractivity contribution in [2.24, 2.45) is 0 Å². The van der Waals surface area contributed by atoms with Crippen LogP contribution in [0.15, 0.2) is 12.3 Å². The fraction of sp³-hybridized carbons (Fsp3) is 0.500. The minimum absolute atomic E-state index is 0. The van der Waals surface area contributed by atoms with Gasteiger partial charge >= 0.3 is 0 Å². The third-order valence-electron chi connectivity index (χ3n) is 1.60. The zero-order valence-corrected chi connectivity index (χ0v) is 6.95. The van der Waals surface area contributed by atoms with Crippen LogP contribution in [0.4, 0.5) is 0 Å². The average Bonchev–Trinajstić information content (AvgIpc) is 1.86. The summed E-state index contributed by atoms with van der Waals surface area (Å²) in [6.07, 6.45) is 4.67. The zero-order valence-electron chi connectivity index (χ0n) is 5.32. The van der Waals surface area contributed by atoms with E-state index in [9.17, 15) is 4.79 Å². The minimum atomic E-state index is 0. The van der Waals surface area contributed by atoms with Crippen LogP contribution in [0.5, 0.6) is 0 Å². The highest BCUT2D eigenvalue weighted by Gasteiger charge is 2.35. The van der Waals surface area contributed by atoms with Crippen molar-refractivity contribution in [1.29, 1.82) is 0 Å². The summed E-state index contributed by atoms with van der Waals surface area (Å²) < 4.78 is 0. The average molecular weight is 178 g/mol. The molecule has 10 heavy (non-hydrogen) atoms. The predicted molar refractivity (Wildman–Crippen MR) is 44.1 cm³/mol. The Morgan fingerprint density at radius 2 is 2.50 bits per heavy atom. The number of hydrogen-bond acceptors (Lipinski definition) is 2. The van der Waals surface area contributed by atoms with Gasteiger partial charge in [-0.25, -0.2) is 0 Å². The van der Waals surface area contributed by atoms with Gasteiger partial charge in [0, 0.05) is 12.0 Å². The van der Waals surface area contributed by atoms with E-state index in [1.165, 1.54) is 0 Å². The lowest BCUT2D eigenvalue weighted by Crippen LogP contribution is -2.48. The van der Waals surface area contributed by atoms with E-state index in [0.717, 1.165) is 12.2 Å². The summed E-state index contributed by atoms with van der Waals surface area (Å²) in [5, 5.41) is 0.475. The summed E-state index contributed by atoms with van der Waals surface area (Å²) in [5.41, 5.74) is 0. The summed E-state index contributed by atoms with van der Waals surface area (Å²) in [5.74, 6) is 1.33. The van der Waals surface area contributed by atoms with E-state index in [2.05, 4.69) is 0 Å². The number of carbonyl (C=O) groups is 1. The number of amides is 1. The molecule has 0 aromatic carbocycles. The van der Waals surface area contributed by atoms with Crippen LogP contribution in [0.3, 0.4) is 0 Å². The number of nitrogens with zero attached hydrogens (tertiary/aromatic N) is 1. The SMILES string of the molecule is Cl.O=C1C[C@H]2SCC=CN12. The highest BCUT2D eigenvalue weighted by molar-refractivity contribution is 8.00. The van der Waals surface area contributed by atoms with Gasteiger partial charge in [-0.05, 0) is 0 Å². The lowest BCUT2D eigenvalue weighted by atomic mass is 10.2. The van der Waals surface area contributed by atoms with Crippen LogP contribution in [0, 0.1) is 0 Å². The number of hydrogen-bond donors (Lipinski definition) is 0. The number of thioether (sulfide) groups is 1. The van der Waals surface area contributed by atoms with Crippen molar-refractivity contribution in [2.75, 3.05) is 5.75 Å². The van der Waals surface area contributed by atoms with Crippen molar-refractivity contribution in [1.82, 2.24) is 4.90 Å². The third-order valence-corrected chi connectivity index (χ3v) is 2.76. The van der Waals surface area contributed by atoms with E-state index in [1.54, 1.807) is 4.90 Å². The first-order valence-corrected chi connectivity index (χ1v) is 4.02. The molecule has 56 valence electrons. The van der Waals surface area contributed by atoms with Crippen molar-refractivity contribution < 1.29 is 4.79 Å². The first-order chi connectivity index (χ1) is 4.38. The van der Waals surface area contributed by atoms with Crippen molar-refractivity contribution >= 4 is 30.1 Å². The van der Waals surface area contributed by atoms with Crippen LogP contribution >= 0.6 is 24.2 Å². The Labute approximate surface area is 70.1 Å². The van der Waals surface area contributed by atoms with Gasteiger partial charge in [0.1, 0.15) is 0 Å². The van der Waals surface area contributed by atoms with Gasteiger partial charge in [-0.3, -0.25) is 4.79 Å². The fourth-order valence-electron chi connectivity index (χ4n) is 1.04. The van der Waals surface area contributed by atoms with Crippen LogP contribution < -0.4 is 0 Å². The van der Waals surface area contributed by atoms with Gasteiger partial charge in [-0.15, -0.1) is 24.2 Å². The smallest absolute Gasteiger partial charge is 0.230 e. The zero-order chi connectivity index (χ0) is 6.27. The van der Waals surface area contributed by atoms with E-state index in [4.69, 9.17) is 0 Å². The molecule has 1 fully saturated rings. The summed E-state index contributed by atoms with van der Waals surface area (Å²) in [6, 6.07) is 0. The van der Waals surface area contributed by atoms with Gasteiger partial charge < -0.3 is 4.90 Å². The second-order valence-electron chi connectivity index (χ2n) is 2.18. The first kappa shape index (κ1) is 7.95. The van der Waals surface area contributed by atoms with Crippen molar-refractivity contribution in [3.05, 3.63) is 12.3 Å². The van der Waals surface area contributed by atoms with Gasteiger partial charge in [0.25, 0.3) is 0 Å². The lowest BCUT2D eigenvalue weighted by Gasteiger charge is -2.39. The molecule has 1 atom stereocenters. The van der Waals surface area contributed by atoms with Gasteiger partial charge in [0.2, 0.25) is 5.91 Å². The Balaban J connectivity index is 0.000000500. The maximum absolute atomic E-state index is 10.7. The van der Waals surface area contributed by atoms with E-state index in [-0.39, 0.29) is 18.3 Å². The largest absolute Gasteiger partial charge is 0.306 e. The molecule has 2 nitrogen and oxygen atoms in total. The molecule has 0 N–H and O–H groups in total. The maximum Gasteiger partial charge on any atom is 0.230 e. The first-order valence-electron chi connectivity index (χ1n) is 2.97. The molecule has 2 rings (SSSR count). The van der Waals surface area contributed by atoms with Crippen LogP contribution in [0.1, 0.15) is 6.42 Å². The molecule has 0 bridgehead atoms. The Bertz CT molecular complexity index is 183. The van der Waals surface area contributed by atoms with Crippen LogP contribution in [-0.4, -0.2) is 21.9 Å². The number of β-lactam (4-membered cyclic amide) rings is 1. The molecule has 0 unspecified atom stereocenters. The maximum atomic E-state index is 10.7. The monoisotopic (exact) mass is 177 g/mol. The van der Waals surface area contributed by atoms with Crippen LogP contribution in [0.2, 0.25) is 0 Å². The van der Waals surface area contributed by atoms with E-state index in [1.807, 2.05) is 24.0 Å². The second-order valence-corrected chi connectivity index (χ2v) is 3.39. The van der Waals surface area contributed by atoms with Crippen LogP contribution in [0.25, 0.3) is 0 Å². The van der Waals surface area contributed by atoms with E-state index >= 15 is 0 Å². The Morgan fingerprint density at radius 3 is 3.00 bits per heavy atom. The highest BCUT2D eigenvalue weighted by atomic mass is 35.5. The van der Waals surface area contributed by atoms with E-state index < -0.39 is 0 Å². The Morgan fingerprint density at radius 1 is 1.70 bits per heavy atom. The molecule has 0 radical (unpaired) electrons. The number of rotatable bonds is 0. The Kier molecular flexibility index (Phi) is 2.26. The third kappa shape index (κ3) is 1.04. The second kappa shape index (κ2) is 2.84. The topological polar surface area (TPSA) is 20.3 Å².